The number of rotatable bonds is 20. The van der Waals surface area contributed by atoms with Crippen molar-refractivity contribution in [3.63, 3.8) is 0 Å². The summed E-state index contributed by atoms with van der Waals surface area (Å²) in [6.07, 6.45) is 14.0. The quantitative estimate of drug-likeness (QED) is 0.270. The average Bonchev–Trinajstić information content (AvgIpc) is 2.65. The van der Waals surface area contributed by atoms with Crippen molar-refractivity contribution >= 4 is 12.0 Å². The molecule has 0 aromatic rings. The lowest BCUT2D eigenvalue weighted by molar-refractivity contribution is -0.137. The maximum absolute atomic E-state index is 11.7. The standard InChI is InChI=1S/C22H44N2O4/c1-3-5-9-14-20(28-19-12-6-4-2)15-13-18-24(22(23)27)17-11-8-7-10-16-21(25)26/h20H,3-19H2,1-2H3,(H2,23,27)(H,25,26). The molecule has 0 radical (unpaired) electrons. The van der Waals surface area contributed by atoms with Crippen LogP contribution in [0.4, 0.5) is 4.79 Å². The SMILES string of the molecule is CCCCCOC(CCCCC)CCCN(CCCCCCC(=O)O)C(N)=O. The average molecular weight is 401 g/mol. The first-order valence-electron chi connectivity index (χ1n) is 11.4. The Hall–Kier alpha value is -1.30. The van der Waals surface area contributed by atoms with E-state index in [1.165, 1.54) is 32.1 Å². The van der Waals surface area contributed by atoms with E-state index in [0.29, 0.717) is 19.5 Å². The van der Waals surface area contributed by atoms with Crippen molar-refractivity contribution in [3.8, 4) is 0 Å². The van der Waals surface area contributed by atoms with E-state index in [1.807, 2.05) is 0 Å². The van der Waals surface area contributed by atoms with Gasteiger partial charge in [-0.1, -0.05) is 58.8 Å². The normalized spacial score (nSPS) is 12.1. The van der Waals surface area contributed by atoms with Gasteiger partial charge in [-0.05, 0) is 38.5 Å². The Balaban J connectivity index is 4.10. The van der Waals surface area contributed by atoms with Crippen molar-refractivity contribution < 1.29 is 19.4 Å². The summed E-state index contributed by atoms with van der Waals surface area (Å²) >= 11 is 0. The molecule has 166 valence electrons. The van der Waals surface area contributed by atoms with E-state index in [0.717, 1.165) is 51.6 Å². The number of carbonyl (C=O) groups is 2. The van der Waals surface area contributed by atoms with Gasteiger partial charge in [-0.2, -0.15) is 0 Å². The van der Waals surface area contributed by atoms with Crippen LogP contribution in [0.15, 0.2) is 0 Å². The summed E-state index contributed by atoms with van der Waals surface area (Å²) in [6, 6.07) is -0.364. The van der Waals surface area contributed by atoms with Crippen LogP contribution in [0.25, 0.3) is 0 Å². The lowest BCUT2D eigenvalue weighted by Crippen LogP contribution is -2.37. The van der Waals surface area contributed by atoms with E-state index < -0.39 is 5.97 Å². The van der Waals surface area contributed by atoms with Crippen LogP contribution in [0.1, 0.15) is 104 Å². The summed E-state index contributed by atoms with van der Waals surface area (Å²) in [5.74, 6) is -0.746. The van der Waals surface area contributed by atoms with Crippen LogP contribution in [0, 0.1) is 0 Å². The number of carboxylic acids is 1. The number of ether oxygens (including phenoxy) is 1. The molecule has 1 unspecified atom stereocenters. The van der Waals surface area contributed by atoms with Gasteiger partial charge in [0.1, 0.15) is 0 Å². The Labute approximate surface area is 172 Å². The molecular weight excluding hydrogens is 356 g/mol. The van der Waals surface area contributed by atoms with Crippen LogP contribution in [0.3, 0.4) is 0 Å². The molecule has 3 N–H and O–H groups in total. The van der Waals surface area contributed by atoms with Crippen LogP contribution in [-0.4, -0.2) is 47.8 Å². The van der Waals surface area contributed by atoms with Gasteiger partial charge in [-0.15, -0.1) is 0 Å². The summed E-state index contributed by atoms with van der Waals surface area (Å²) in [6.45, 7) is 6.57. The molecule has 2 amide bonds. The Morgan fingerprint density at radius 2 is 1.46 bits per heavy atom. The predicted octanol–water partition coefficient (Wildman–Crippen LogP) is 5.34. The number of carbonyl (C=O) groups excluding carboxylic acids is 1. The third-order valence-electron chi connectivity index (χ3n) is 5.07. The van der Waals surface area contributed by atoms with Crippen molar-refractivity contribution in [3.05, 3.63) is 0 Å². The molecule has 0 spiro atoms. The van der Waals surface area contributed by atoms with Gasteiger partial charge >= 0.3 is 12.0 Å². The van der Waals surface area contributed by atoms with Crippen LogP contribution in [0.5, 0.6) is 0 Å². The largest absolute Gasteiger partial charge is 0.481 e. The van der Waals surface area contributed by atoms with E-state index in [9.17, 15) is 9.59 Å². The molecule has 0 saturated heterocycles. The fraction of sp³-hybridized carbons (Fsp3) is 0.909. The van der Waals surface area contributed by atoms with E-state index in [-0.39, 0.29) is 18.6 Å². The Morgan fingerprint density at radius 3 is 2.11 bits per heavy atom. The summed E-state index contributed by atoms with van der Waals surface area (Å²) in [7, 11) is 0. The third-order valence-corrected chi connectivity index (χ3v) is 5.07. The number of hydrogen-bond acceptors (Lipinski definition) is 3. The van der Waals surface area contributed by atoms with Crippen LogP contribution >= 0.6 is 0 Å². The smallest absolute Gasteiger partial charge is 0.314 e. The number of unbranched alkanes of at least 4 members (excludes halogenated alkanes) is 7. The number of carboxylic acid groups (broad SMARTS) is 1. The highest BCUT2D eigenvalue weighted by Gasteiger charge is 2.13. The highest BCUT2D eigenvalue weighted by Crippen LogP contribution is 2.14. The van der Waals surface area contributed by atoms with Gasteiger partial charge in [-0.25, -0.2) is 4.79 Å². The molecule has 0 saturated carbocycles. The van der Waals surface area contributed by atoms with Gasteiger partial charge in [0.05, 0.1) is 6.10 Å². The number of aliphatic carboxylic acids is 1. The zero-order valence-corrected chi connectivity index (χ0v) is 18.3. The number of primary amides is 1. The van der Waals surface area contributed by atoms with Crippen molar-refractivity contribution in [2.24, 2.45) is 5.73 Å². The van der Waals surface area contributed by atoms with Crippen molar-refractivity contribution in [1.29, 1.82) is 0 Å². The zero-order chi connectivity index (χ0) is 21.0. The second-order valence-electron chi connectivity index (χ2n) is 7.72. The van der Waals surface area contributed by atoms with Gasteiger partial charge < -0.3 is 20.5 Å². The molecular formula is C22H44N2O4. The second-order valence-corrected chi connectivity index (χ2v) is 7.72. The zero-order valence-electron chi connectivity index (χ0n) is 18.3. The number of nitrogens with zero attached hydrogens (tertiary/aromatic N) is 1. The molecule has 6 heteroatoms. The van der Waals surface area contributed by atoms with Crippen molar-refractivity contribution in [2.75, 3.05) is 19.7 Å². The monoisotopic (exact) mass is 400 g/mol. The highest BCUT2D eigenvalue weighted by atomic mass is 16.5. The number of amides is 2. The first kappa shape index (κ1) is 26.7. The van der Waals surface area contributed by atoms with E-state index in [2.05, 4.69) is 13.8 Å². The highest BCUT2D eigenvalue weighted by molar-refractivity contribution is 5.71. The maximum Gasteiger partial charge on any atom is 0.314 e. The molecule has 1 atom stereocenters. The van der Waals surface area contributed by atoms with Crippen molar-refractivity contribution in [1.82, 2.24) is 4.90 Å². The molecule has 6 nitrogen and oxygen atoms in total. The molecule has 0 aromatic carbocycles. The maximum atomic E-state index is 11.7. The number of nitrogens with two attached hydrogens (primary N) is 1. The Morgan fingerprint density at radius 1 is 0.857 bits per heavy atom. The predicted molar refractivity (Wildman–Crippen MR) is 115 cm³/mol. The number of hydrogen-bond donors (Lipinski definition) is 2. The fourth-order valence-corrected chi connectivity index (χ4v) is 3.31. The van der Waals surface area contributed by atoms with Gasteiger partial charge in [0.15, 0.2) is 0 Å². The van der Waals surface area contributed by atoms with Gasteiger partial charge in [-0.3, -0.25) is 4.79 Å². The van der Waals surface area contributed by atoms with Gasteiger partial charge in [0.2, 0.25) is 0 Å². The Bertz CT molecular complexity index is 391. The summed E-state index contributed by atoms with van der Waals surface area (Å²) in [4.78, 5) is 23.9. The summed E-state index contributed by atoms with van der Waals surface area (Å²) in [5.41, 5.74) is 5.52. The molecule has 0 rings (SSSR count). The molecule has 0 bridgehead atoms. The first-order chi connectivity index (χ1) is 13.5. The van der Waals surface area contributed by atoms with E-state index in [1.54, 1.807) is 4.90 Å². The van der Waals surface area contributed by atoms with Crippen LogP contribution in [0.2, 0.25) is 0 Å². The fourth-order valence-electron chi connectivity index (χ4n) is 3.31. The topological polar surface area (TPSA) is 92.9 Å². The van der Waals surface area contributed by atoms with Gasteiger partial charge in [0.25, 0.3) is 0 Å². The van der Waals surface area contributed by atoms with E-state index in [4.69, 9.17) is 15.6 Å². The first-order valence-corrected chi connectivity index (χ1v) is 11.4. The molecule has 0 aliphatic heterocycles. The van der Waals surface area contributed by atoms with Crippen LogP contribution < -0.4 is 5.73 Å². The lowest BCUT2D eigenvalue weighted by atomic mass is 10.1. The minimum Gasteiger partial charge on any atom is -0.481 e. The molecule has 0 fully saturated rings. The van der Waals surface area contributed by atoms with Gasteiger partial charge in [0, 0.05) is 26.1 Å². The lowest BCUT2D eigenvalue weighted by Gasteiger charge is -2.23. The van der Waals surface area contributed by atoms with Crippen molar-refractivity contribution in [2.45, 2.75) is 110 Å². The van der Waals surface area contributed by atoms with Crippen LogP contribution in [-0.2, 0) is 9.53 Å². The van der Waals surface area contributed by atoms with E-state index >= 15 is 0 Å². The number of urea groups is 1. The summed E-state index contributed by atoms with van der Waals surface area (Å²) < 4.78 is 6.10. The minimum absolute atomic E-state index is 0.219. The summed E-state index contributed by atoms with van der Waals surface area (Å²) in [5, 5.41) is 8.64. The minimum atomic E-state index is -0.746. The second kappa shape index (κ2) is 19.0. The molecule has 0 aromatic heterocycles. The molecule has 0 heterocycles. The molecule has 0 aliphatic carbocycles. The molecule has 28 heavy (non-hydrogen) atoms. The Kier molecular flexibility index (Phi) is 18.2. The third kappa shape index (κ3) is 16.8. The molecule has 0 aliphatic rings.